The number of nitrogens with one attached hydrogen (secondary N) is 1. The van der Waals surface area contributed by atoms with Gasteiger partial charge in [-0.05, 0) is 62.0 Å². The summed E-state index contributed by atoms with van der Waals surface area (Å²) in [5.74, 6) is 0.252. The van der Waals surface area contributed by atoms with Gasteiger partial charge in [0.1, 0.15) is 5.65 Å². The number of likely N-dealkylation sites (tertiary alicyclic amines) is 1. The van der Waals surface area contributed by atoms with Crippen LogP contribution in [0.25, 0.3) is 11.0 Å². The van der Waals surface area contributed by atoms with Crippen molar-refractivity contribution in [2.75, 3.05) is 13.1 Å². The average Bonchev–Trinajstić information content (AvgIpc) is 3.11. The zero-order valence-corrected chi connectivity index (χ0v) is 20.0. The second-order valence-corrected chi connectivity index (χ2v) is 10.7. The molecule has 0 unspecified atom stereocenters. The SMILES string of the molecule is CC(C)(C)C1CCC(N2CCC(n3c(CNC(=O)O)c(C(N)=O)c4cccnc43)CC2)CC1. The third-order valence-electron chi connectivity index (χ3n) is 7.82. The normalized spacial score (nSPS) is 23.0. The molecule has 1 aliphatic carbocycles. The van der Waals surface area contributed by atoms with Gasteiger partial charge in [0.15, 0.2) is 0 Å². The molecule has 3 heterocycles. The molecule has 33 heavy (non-hydrogen) atoms. The number of primary amides is 1. The van der Waals surface area contributed by atoms with Gasteiger partial charge in [0.05, 0.1) is 17.8 Å². The summed E-state index contributed by atoms with van der Waals surface area (Å²) in [5.41, 5.74) is 7.81. The fourth-order valence-electron chi connectivity index (χ4n) is 6.01. The molecule has 2 aliphatic rings. The summed E-state index contributed by atoms with van der Waals surface area (Å²) in [5, 5.41) is 12.3. The fraction of sp³-hybridized carbons (Fsp3) is 0.640. The van der Waals surface area contributed by atoms with Crippen LogP contribution in [0.5, 0.6) is 0 Å². The van der Waals surface area contributed by atoms with Crippen LogP contribution in [0.4, 0.5) is 4.79 Å². The first kappa shape index (κ1) is 23.5. The standard InChI is InChI=1S/C25H37N5O3/c1-25(2,3)16-6-8-17(9-7-16)29-13-10-18(11-14-29)30-20(15-28-24(32)33)21(22(26)31)19-5-4-12-27-23(19)30/h4-5,12,16-18,28H,6-11,13-15H2,1-3H3,(H2,26,31)(H,32,33). The van der Waals surface area contributed by atoms with Crippen molar-refractivity contribution in [2.45, 2.75) is 77.9 Å². The molecule has 0 atom stereocenters. The van der Waals surface area contributed by atoms with E-state index in [1.807, 2.05) is 6.07 Å². The quantitative estimate of drug-likeness (QED) is 0.627. The van der Waals surface area contributed by atoms with Crippen molar-refractivity contribution in [2.24, 2.45) is 17.1 Å². The van der Waals surface area contributed by atoms with Gasteiger partial charge in [0.2, 0.25) is 0 Å². The average molecular weight is 456 g/mol. The highest BCUT2D eigenvalue weighted by Gasteiger charge is 2.34. The molecule has 180 valence electrons. The van der Waals surface area contributed by atoms with E-state index in [4.69, 9.17) is 10.8 Å². The first-order chi connectivity index (χ1) is 15.7. The zero-order valence-electron chi connectivity index (χ0n) is 20.0. The van der Waals surface area contributed by atoms with Gasteiger partial charge < -0.3 is 25.6 Å². The Morgan fingerprint density at radius 1 is 1.12 bits per heavy atom. The summed E-state index contributed by atoms with van der Waals surface area (Å²) >= 11 is 0. The number of amides is 2. The van der Waals surface area contributed by atoms with E-state index in [1.165, 1.54) is 25.7 Å². The van der Waals surface area contributed by atoms with E-state index < -0.39 is 12.0 Å². The lowest BCUT2D eigenvalue weighted by Crippen LogP contribution is -2.44. The minimum Gasteiger partial charge on any atom is -0.465 e. The van der Waals surface area contributed by atoms with Crippen LogP contribution in [0.2, 0.25) is 0 Å². The highest BCUT2D eigenvalue weighted by Crippen LogP contribution is 2.40. The maximum atomic E-state index is 12.3. The molecule has 2 aromatic rings. The number of piperidine rings is 1. The molecule has 2 aromatic heterocycles. The Hall–Kier alpha value is -2.61. The van der Waals surface area contributed by atoms with E-state index in [9.17, 15) is 9.59 Å². The van der Waals surface area contributed by atoms with Crippen molar-refractivity contribution in [1.29, 1.82) is 0 Å². The molecule has 0 radical (unpaired) electrons. The number of carboxylic acid groups (broad SMARTS) is 1. The summed E-state index contributed by atoms with van der Waals surface area (Å²) in [6.45, 7) is 9.10. The van der Waals surface area contributed by atoms with Gasteiger partial charge in [-0.25, -0.2) is 9.78 Å². The van der Waals surface area contributed by atoms with Crippen LogP contribution in [0.3, 0.4) is 0 Å². The lowest BCUT2D eigenvalue weighted by molar-refractivity contribution is 0.0719. The third kappa shape index (κ3) is 4.86. The van der Waals surface area contributed by atoms with E-state index in [2.05, 4.69) is 40.5 Å². The molecule has 4 N–H and O–H groups in total. The number of hydrogen-bond acceptors (Lipinski definition) is 4. The summed E-state index contributed by atoms with van der Waals surface area (Å²) in [6, 6.07) is 4.43. The second-order valence-electron chi connectivity index (χ2n) is 10.7. The maximum absolute atomic E-state index is 12.3. The number of pyridine rings is 1. The second kappa shape index (κ2) is 9.33. The fourth-order valence-corrected chi connectivity index (χ4v) is 6.01. The molecule has 0 aromatic carbocycles. The maximum Gasteiger partial charge on any atom is 0.404 e. The van der Waals surface area contributed by atoms with Gasteiger partial charge in [-0.15, -0.1) is 0 Å². The van der Waals surface area contributed by atoms with Crippen LogP contribution in [0.15, 0.2) is 18.3 Å². The van der Waals surface area contributed by atoms with Crippen molar-refractivity contribution in [3.63, 3.8) is 0 Å². The largest absolute Gasteiger partial charge is 0.465 e. The molecule has 8 heteroatoms. The number of fused-ring (bicyclic) bond motifs is 1. The highest BCUT2D eigenvalue weighted by molar-refractivity contribution is 6.07. The zero-order chi connectivity index (χ0) is 23.8. The summed E-state index contributed by atoms with van der Waals surface area (Å²) in [4.78, 5) is 30.7. The predicted molar refractivity (Wildman–Crippen MR) is 128 cm³/mol. The Kier molecular flexibility index (Phi) is 6.66. The van der Waals surface area contributed by atoms with Crippen molar-refractivity contribution in [1.82, 2.24) is 19.8 Å². The van der Waals surface area contributed by atoms with E-state index in [0.29, 0.717) is 33.7 Å². The van der Waals surface area contributed by atoms with Gasteiger partial charge in [-0.1, -0.05) is 20.8 Å². The van der Waals surface area contributed by atoms with Gasteiger partial charge in [0.25, 0.3) is 5.91 Å². The van der Waals surface area contributed by atoms with Gasteiger partial charge in [-0.2, -0.15) is 0 Å². The summed E-state index contributed by atoms with van der Waals surface area (Å²) in [6.07, 6.45) is 7.59. The molecule has 2 amide bonds. The lowest BCUT2D eigenvalue weighted by atomic mass is 9.71. The molecular formula is C25H37N5O3. The Balaban J connectivity index is 1.53. The predicted octanol–water partition coefficient (Wildman–Crippen LogP) is 4.14. The van der Waals surface area contributed by atoms with E-state index >= 15 is 0 Å². The Morgan fingerprint density at radius 3 is 2.36 bits per heavy atom. The van der Waals surface area contributed by atoms with Gasteiger partial charge in [-0.3, -0.25) is 4.79 Å². The summed E-state index contributed by atoms with van der Waals surface area (Å²) < 4.78 is 2.07. The first-order valence-electron chi connectivity index (χ1n) is 12.1. The molecule has 1 saturated heterocycles. The van der Waals surface area contributed by atoms with Crippen molar-refractivity contribution < 1.29 is 14.7 Å². The van der Waals surface area contributed by atoms with E-state index in [1.54, 1.807) is 12.3 Å². The van der Waals surface area contributed by atoms with Crippen LogP contribution < -0.4 is 11.1 Å². The molecule has 0 bridgehead atoms. The highest BCUT2D eigenvalue weighted by atomic mass is 16.4. The van der Waals surface area contributed by atoms with Crippen LogP contribution in [-0.4, -0.2) is 50.7 Å². The van der Waals surface area contributed by atoms with Gasteiger partial charge in [0, 0.05) is 36.8 Å². The molecule has 4 rings (SSSR count). The van der Waals surface area contributed by atoms with Crippen LogP contribution in [0, 0.1) is 11.3 Å². The Bertz CT molecular complexity index is 1010. The number of rotatable bonds is 5. The van der Waals surface area contributed by atoms with Crippen molar-refractivity contribution in [3.8, 4) is 0 Å². The number of hydrogen-bond donors (Lipinski definition) is 3. The third-order valence-corrected chi connectivity index (χ3v) is 7.82. The number of nitrogens with two attached hydrogens (primary N) is 1. The molecule has 0 spiro atoms. The lowest BCUT2D eigenvalue weighted by Gasteiger charge is -2.43. The smallest absolute Gasteiger partial charge is 0.404 e. The van der Waals surface area contributed by atoms with Gasteiger partial charge >= 0.3 is 6.09 Å². The van der Waals surface area contributed by atoms with Crippen molar-refractivity contribution >= 4 is 23.0 Å². The van der Waals surface area contributed by atoms with Crippen LogP contribution in [0.1, 0.15) is 81.4 Å². The van der Waals surface area contributed by atoms with Crippen molar-refractivity contribution in [3.05, 3.63) is 29.6 Å². The first-order valence-corrected chi connectivity index (χ1v) is 12.1. The molecule has 1 aliphatic heterocycles. The van der Waals surface area contributed by atoms with E-state index in [-0.39, 0.29) is 12.6 Å². The topological polar surface area (TPSA) is 113 Å². The summed E-state index contributed by atoms with van der Waals surface area (Å²) in [7, 11) is 0. The molecule has 8 nitrogen and oxygen atoms in total. The molecule has 1 saturated carbocycles. The van der Waals surface area contributed by atoms with Crippen LogP contribution >= 0.6 is 0 Å². The number of aromatic nitrogens is 2. The number of carbonyl (C=O) groups is 2. The van der Waals surface area contributed by atoms with E-state index in [0.717, 1.165) is 31.8 Å². The minimum atomic E-state index is -1.13. The molecular weight excluding hydrogens is 418 g/mol. The Labute approximate surface area is 195 Å². The monoisotopic (exact) mass is 455 g/mol. The Morgan fingerprint density at radius 2 is 1.79 bits per heavy atom. The number of carbonyl (C=O) groups excluding carboxylic acids is 1. The van der Waals surface area contributed by atoms with Crippen LogP contribution in [-0.2, 0) is 6.54 Å². The minimum absolute atomic E-state index is 0.0288. The number of nitrogens with zero attached hydrogens (tertiary/aromatic N) is 3. The molecule has 2 fully saturated rings.